The predicted octanol–water partition coefficient (Wildman–Crippen LogP) is 4.03. The molecule has 0 bridgehead atoms. The molecule has 1 fully saturated rings. The third-order valence-corrected chi connectivity index (χ3v) is 6.70. The number of rotatable bonds is 4. The lowest BCUT2D eigenvalue weighted by molar-refractivity contribution is 0.0198. The van der Waals surface area contributed by atoms with E-state index < -0.39 is 5.60 Å². The fourth-order valence-corrected chi connectivity index (χ4v) is 4.95. The van der Waals surface area contributed by atoms with Gasteiger partial charge in [0, 0.05) is 42.2 Å². The van der Waals surface area contributed by atoms with Gasteiger partial charge in [0.15, 0.2) is 0 Å². The van der Waals surface area contributed by atoms with Gasteiger partial charge in [0.2, 0.25) is 0 Å². The number of hydrogen-bond donors (Lipinski definition) is 2. The summed E-state index contributed by atoms with van der Waals surface area (Å²) in [6.45, 7) is 7.51. The number of hydrogen-bond acceptors (Lipinski definition) is 6. The van der Waals surface area contributed by atoms with Crippen LogP contribution in [0.5, 0.6) is 0 Å². The number of fused-ring (bicyclic) bond motifs is 1. The van der Waals surface area contributed by atoms with Crippen LogP contribution in [0, 0.1) is 0 Å². The maximum absolute atomic E-state index is 12.7. The van der Waals surface area contributed by atoms with Crippen LogP contribution >= 0.6 is 0 Å². The van der Waals surface area contributed by atoms with Crippen molar-refractivity contribution < 1.29 is 14.3 Å². The summed E-state index contributed by atoms with van der Waals surface area (Å²) < 4.78 is 5.63. The highest BCUT2D eigenvalue weighted by molar-refractivity contribution is 6.04. The number of piperidine rings is 1. The van der Waals surface area contributed by atoms with Gasteiger partial charge in [-0.05, 0) is 74.6 Å². The number of benzene rings is 2. The number of anilines is 1. The van der Waals surface area contributed by atoms with Crippen LogP contribution in [0.4, 0.5) is 10.6 Å². The van der Waals surface area contributed by atoms with Crippen LogP contribution in [0.2, 0.25) is 0 Å². The van der Waals surface area contributed by atoms with Gasteiger partial charge in [-0.2, -0.15) is 0 Å². The minimum atomic E-state index is -0.518. The minimum Gasteiger partial charge on any atom is -0.444 e. The second kappa shape index (κ2) is 10.7. The molecule has 1 atom stereocenters. The fraction of sp³-hybridized carbons (Fsp3) is 0.333. The first-order valence-corrected chi connectivity index (χ1v) is 13.0. The van der Waals surface area contributed by atoms with Gasteiger partial charge in [-0.3, -0.25) is 9.79 Å². The number of nitrogens with zero attached hydrogens (tertiary/aromatic N) is 3. The Balaban J connectivity index is 1.39. The van der Waals surface area contributed by atoms with Crippen molar-refractivity contribution in [2.24, 2.45) is 4.99 Å². The minimum absolute atomic E-state index is 0.187. The highest BCUT2D eigenvalue weighted by atomic mass is 16.6. The lowest BCUT2D eigenvalue weighted by atomic mass is 9.88. The topological polar surface area (TPSA) is 95.9 Å². The van der Waals surface area contributed by atoms with Crippen molar-refractivity contribution in [3.63, 3.8) is 0 Å². The first kappa shape index (κ1) is 25.4. The van der Waals surface area contributed by atoms with E-state index in [1.165, 1.54) is 0 Å². The molecular weight excluding hydrogens is 478 g/mol. The SMILES string of the molecule is CC(C)(C)OC(=O)N1CCCC(c2ccc(-c3ccc(C(=O)Nc4ccccn4)cc3)c3c2=NCNC=3)C1. The lowest BCUT2D eigenvalue weighted by Gasteiger charge is -2.34. The van der Waals surface area contributed by atoms with Crippen LogP contribution in [0.1, 0.15) is 55.5 Å². The van der Waals surface area contributed by atoms with Crippen molar-refractivity contribution in [2.75, 3.05) is 25.1 Å². The van der Waals surface area contributed by atoms with Gasteiger partial charge in [-0.25, -0.2) is 9.78 Å². The standard InChI is InChI=1S/C30H33N5O3/c1-30(2,3)38-29(37)35-16-6-7-22(18-35)24-14-13-23(25-17-31-19-33-27(24)25)20-9-11-21(12-10-20)28(36)34-26-8-4-5-15-32-26/h4-5,8-15,17,22,31H,6-7,16,18-19H2,1-3H3,(H,32,34,36). The quantitative estimate of drug-likeness (QED) is 0.551. The van der Waals surface area contributed by atoms with Gasteiger partial charge >= 0.3 is 6.09 Å². The number of aromatic nitrogens is 1. The molecule has 0 spiro atoms. The Bertz CT molecular complexity index is 1450. The summed E-state index contributed by atoms with van der Waals surface area (Å²) in [6, 6.07) is 17.2. The Kier molecular flexibility index (Phi) is 7.13. The molecule has 2 amide bonds. The molecule has 0 aliphatic carbocycles. The Morgan fingerprint density at radius 2 is 1.89 bits per heavy atom. The van der Waals surface area contributed by atoms with E-state index in [9.17, 15) is 9.59 Å². The molecule has 3 heterocycles. The van der Waals surface area contributed by atoms with Gasteiger partial charge < -0.3 is 20.3 Å². The number of pyridine rings is 1. The summed E-state index contributed by atoms with van der Waals surface area (Å²) in [5, 5.41) is 8.05. The van der Waals surface area contributed by atoms with Crippen LogP contribution in [0.25, 0.3) is 17.3 Å². The van der Waals surface area contributed by atoms with Crippen molar-refractivity contribution in [1.29, 1.82) is 0 Å². The molecular formula is C30H33N5O3. The number of ether oxygens (including phenoxy) is 1. The summed E-state index contributed by atoms with van der Waals surface area (Å²) in [5.74, 6) is 0.496. The smallest absolute Gasteiger partial charge is 0.410 e. The molecule has 196 valence electrons. The summed E-state index contributed by atoms with van der Waals surface area (Å²) in [6.07, 6.45) is 5.31. The predicted molar refractivity (Wildman–Crippen MR) is 147 cm³/mol. The maximum atomic E-state index is 12.7. The zero-order valence-corrected chi connectivity index (χ0v) is 22.0. The van der Waals surface area contributed by atoms with Crippen molar-refractivity contribution in [1.82, 2.24) is 15.2 Å². The molecule has 1 aromatic heterocycles. The first-order valence-electron chi connectivity index (χ1n) is 13.0. The number of carbonyl (C=O) groups is 2. The van der Waals surface area contributed by atoms with Crippen LogP contribution in [-0.2, 0) is 4.74 Å². The number of amides is 2. The van der Waals surface area contributed by atoms with E-state index in [-0.39, 0.29) is 17.9 Å². The third-order valence-electron chi connectivity index (χ3n) is 6.70. The molecule has 38 heavy (non-hydrogen) atoms. The van der Waals surface area contributed by atoms with E-state index in [2.05, 4.69) is 27.8 Å². The monoisotopic (exact) mass is 511 g/mol. The molecule has 8 nitrogen and oxygen atoms in total. The zero-order chi connectivity index (χ0) is 26.7. The summed E-state index contributed by atoms with van der Waals surface area (Å²) in [4.78, 5) is 36.2. The summed E-state index contributed by atoms with van der Waals surface area (Å²) in [5.41, 5.74) is 3.23. The van der Waals surface area contributed by atoms with E-state index in [1.807, 2.05) is 62.2 Å². The third kappa shape index (κ3) is 5.69. The van der Waals surface area contributed by atoms with Crippen molar-refractivity contribution in [3.8, 4) is 11.1 Å². The molecule has 0 saturated carbocycles. The molecule has 0 radical (unpaired) electrons. The van der Waals surface area contributed by atoms with E-state index in [1.54, 1.807) is 18.3 Å². The molecule has 2 N–H and O–H groups in total. The highest BCUT2D eigenvalue weighted by Gasteiger charge is 2.29. The number of nitrogens with one attached hydrogen (secondary N) is 2. The largest absolute Gasteiger partial charge is 0.444 e. The average Bonchev–Trinajstić information content (AvgIpc) is 2.92. The van der Waals surface area contributed by atoms with Gasteiger partial charge in [0.05, 0.1) is 5.36 Å². The van der Waals surface area contributed by atoms with Gasteiger partial charge in [0.25, 0.3) is 5.91 Å². The Morgan fingerprint density at radius 3 is 2.63 bits per heavy atom. The van der Waals surface area contributed by atoms with Crippen molar-refractivity contribution >= 4 is 24.0 Å². The Morgan fingerprint density at radius 1 is 1.08 bits per heavy atom. The average molecular weight is 512 g/mol. The molecule has 1 unspecified atom stereocenters. The molecule has 3 aromatic rings. The van der Waals surface area contributed by atoms with E-state index in [4.69, 9.17) is 9.73 Å². The van der Waals surface area contributed by atoms with Crippen LogP contribution in [-0.4, -0.2) is 47.2 Å². The van der Waals surface area contributed by atoms with Crippen LogP contribution < -0.4 is 21.2 Å². The number of likely N-dealkylation sites (tertiary alicyclic amines) is 1. The second-order valence-electron chi connectivity index (χ2n) is 10.6. The van der Waals surface area contributed by atoms with Gasteiger partial charge in [-0.15, -0.1) is 0 Å². The van der Waals surface area contributed by atoms with E-state index in [0.717, 1.165) is 40.1 Å². The molecule has 8 heteroatoms. The van der Waals surface area contributed by atoms with Crippen molar-refractivity contribution in [2.45, 2.75) is 45.1 Å². The van der Waals surface area contributed by atoms with Crippen molar-refractivity contribution in [3.05, 3.63) is 82.5 Å². The Hall–Kier alpha value is -4.20. The molecule has 5 rings (SSSR count). The second-order valence-corrected chi connectivity index (χ2v) is 10.6. The van der Waals surface area contributed by atoms with Crippen LogP contribution in [0.3, 0.4) is 0 Å². The van der Waals surface area contributed by atoms with E-state index in [0.29, 0.717) is 31.1 Å². The highest BCUT2D eigenvalue weighted by Crippen LogP contribution is 2.27. The zero-order valence-electron chi connectivity index (χ0n) is 22.0. The van der Waals surface area contributed by atoms with Gasteiger partial charge in [-0.1, -0.05) is 30.3 Å². The fourth-order valence-electron chi connectivity index (χ4n) is 4.95. The van der Waals surface area contributed by atoms with E-state index >= 15 is 0 Å². The molecule has 2 aliphatic heterocycles. The van der Waals surface area contributed by atoms with Gasteiger partial charge in [0.1, 0.15) is 18.1 Å². The normalized spacial score (nSPS) is 16.8. The summed E-state index contributed by atoms with van der Waals surface area (Å²) in [7, 11) is 0. The lowest BCUT2D eigenvalue weighted by Crippen LogP contribution is -2.45. The van der Waals surface area contributed by atoms with Crippen LogP contribution in [0.15, 0.2) is 65.8 Å². The molecule has 1 saturated heterocycles. The maximum Gasteiger partial charge on any atom is 0.410 e. The molecule has 2 aliphatic rings. The molecule has 2 aromatic carbocycles. The first-order chi connectivity index (χ1) is 18.3. The summed E-state index contributed by atoms with van der Waals surface area (Å²) >= 11 is 0. The Labute approximate surface area is 222 Å². The number of carbonyl (C=O) groups excluding carboxylic acids is 2.